The molecule has 0 unspecified atom stereocenters. The van der Waals surface area contributed by atoms with Gasteiger partial charge in [0.25, 0.3) is 0 Å². The third-order valence-electron chi connectivity index (χ3n) is 6.25. The molecule has 4 aromatic carbocycles. The maximum atomic E-state index is 13.1. The van der Waals surface area contributed by atoms with Crippen LogP contribution in [0.2, 0.25) is 0 Å². The number of amides is 1. The zero-order chi connectivity index (χ0) is 30.8. The molecule has 0 radical (unpaired) electrons. The molecule has 0 aromatic heterocycles. The van der Waals surface area contributed by atoms with Gasteiger partial charge in [-0.2, -0.15) is 5.10 Å². The van der Waals surface area contributed by atoms with Gasteiger partial charge < -0.3 is 9.47 Å². The zero-order valence-electron chi connectivity index (χ0n) is 23.6. The molecule has 1 atom stereocenters. The summed E-state index contributed by atoms with van der Waals surface area (Å²) in [6.45, 7) is 4.60. The molecule has 0 heterocycles. The third-order valence-corrected chi connectivity index (χ3v) is 9.07. The normalized spacial score (nSPS) is 12.2. The first kappa shape index (κ1) is 32.6. The maximum absolute atomic E-state index is 13.1. The van der Waals surface area contributed by atoms with Crippen molar-refractivity contribution in [2.75, 3.05) is 6.61 Å². The van der Waals surface area contributed by atoms with Crippen molar-refractivity contribution in [3.05, 3.63) is 121 Å². The van der Waals surface area contributed by atoms with Crippen molar-refractivity contribution < 1.29 is 22.7 Å². The second-order valence-corrected chi connectivity index (χ2v) is 13.4. The standard InChI is InChI=1S/C32H31BrIN3O5S/c1-3-41-30-18-24(17-28(34)32(30)42-21-23-11-13-26(33)14-12-23)20-35-36-31(38)19-29(25-7-5-4-6-8-25)37-43(39,40)27-15-9-22(2)10-16-27/h4-18,20,29,37H,3,19,21H2,1-2H3,(H,36,38)/b35-20-/t29-/m0/s1. The molecule has 0 aliphatic carbocycles. The summed E-state index contributed by atoms with van der Waals surface area (Å²) in [7, 11) is -3.87. The van der Waals surface area contributed by atoms with Gasteiger partial charge in [0.1, 0.15) is 6.61 Å². The Morgan fingerprint density at radius 1 is 1.00 bits per heavy atom. The number of sulfonamides is 1. The van der Waals surface area contributed by atoms with Gasteiger partial charge in [-0.25, -0.2) is 18.6 Å². The number of ether oxygens (including phenoxy) is 2. The van der Waals surface area contributed by atoms with E-state index in [0.29, 0.717) is 35.8 Å². The van der Waals surface area contributed by atoms with Crippen molar-refractivity contribution in [2.24, 2.45) is 5.10 Å². The van der Waals surface area contributed by atoms with Gasteiger partial charge in [-0.1, -0.05) is 76.1 Å². The number of carbonyl (C=O) groups excluding carboxylic acids is 1. The number of rotatable bonds is 13. The van der Waals surface area contributed by atoms with E-state index in [1.165, 1.54) is 6.21 Å². The number of benzene rings is 4. The molecule has 1 amide bonds. The van der Waals surface area contributed by atoms with Gasteiger partial charge in [-0.15, -0.1) is 0 Å². The minimum atomic E-state index is -3.87. The first-order valence-corrected chi connectivity index (χ1v) is 16.8. The molecule has 11 heteroatoms. The van der Waals surface area contributed by atoms with E-state index in [1.807, 2.05) is 50.2 Å². The Bertz CT molecular complexity index is 1670. The molecule has 43 heavy (non-hydrogen) atoms. The van der Waals surface area contributed by atoms with Gasteiger partial charge in [0.05, 0.1) is 27.3 Å². The monoisotopic (exact) mass is 775 g/mol. The lowest BCUT2D eigenvalue weighted by molar-refractivity contribution is -0.121. The van der Waals surface area contributed by atoms with Gasteiger partial charge in [-0.05, 0) is 89.5 Å². The predicted octanol–water partition coefficient (Wildman–Crippen LogP) is 6.90. The van der Waals surface area contributed by atoms with Crippen LogP contribution in [0, 0.1) is 10.5 Å². The Labute approximate surface area is 274 Å². The highest BCUT2D eigenvalue weighted by atomic mass is 127. The van der Waals surface area contributed by atoms with Crippen LogP contribution in [0.4, 0.5) is 0 Å². The van der Waals surface area contributed by atoms with Crippen LogP contribution in [0.25, 0.3) is 0 Å². The first-order valence-electron chi connectivity index (χ1n) is 13.4. The quantitative estimate of drug-likeness (QED) is 0.0874. The van der Waals surface area contributed by atoms with Crippen LogP contribution in [-0.2, 0) is 21.4 Å². The molecular formula is C32H31BrIN3O5S. The number of hydrogen-bond donors (Lipinski definition) is 2. The summed E-state index contributed by atoms with van der Waals surface area (Å²) in [5, 5.41) is 4.12. The summed E-state index contributed by atoms with van der Waals surface area (Å²) in [5.41, 5.74) is 5.84. The third kappa shape index (κ3) is 9.62. The van der Waals surface area contributed by atoms with E-state index in [4.69, 9.17) is 9.47 Å². The van der Waals surface area contributed by atoms with Gasteiger partial charge in [0.15, 0.2) is 11.5 Å². The first-order chi connectivity index (χ1) is 20.6. The lowest BCUT2D eigenvalue weighted by Gasteiger charge is -2.18. The molecule has 2 N–H and O–H groups in total. The van der Waals surface area contributed by atoms with E-state index in [1.54, 1.807) is 54.6 Å². The molecule has 0 fully saturated rings. The smallest absolute Gasteiger partial charge is 0.242 e. The van der Waals surface area contributed by atoms with Crippen LogP contribution in [0.15, 0.2) is 105 Å². The highest BCUT2D eigenvalue weighted by Crippen LogP contribution is 2.34. The van der Waals surface area contributed by atoms with Gasteiger partial charge in [0, 0.05) is 10.9 Å². The fourth-order valence-corrected chi connectivity index (χ4v) is 6.37. The van der Waals surface area contributed by atoms with Gasteiger partial charge in [-0.3, -0.25) is 4.79 Å². The van der Waals surface area contributed by atoms with Crippen molar-refractivity contribution in [1.82, 2.24) is 10.1 Å². The summed E-state index contributed by atoms with van der Waals surface area (Å²) in [6, 6.07) is 26.3. The number of aryl methyl sites for hydroxylation is 1. The van der Waals surface area contributed by atoms with Crippen molar-refractivity contribution in [3.8, 4) is 11.5 Å². The lowest BCUT2D eigenvalue weighted by Crippen LogP contribution is -2.32. The number of hydrazone groups is 1. The Hall–Kier alpha value is -3.26. The van der Waals surface area contributed by atoms with Gasteiger partial charge >= 0.3 is 0 Å². The van der Waals surface area contributed by atoms with Crippen molar-refractivity contribution >= 4 is 60.7 Å². The van der Waals surface area contributed by atoms with Gasteiger partial charge in [0.2, 0.25) is 15.9 Å². The molecule has 0 bridgehead atoms. The summed E-state index contributed by atoms with van der Waals surface area (Å²) >= 11 is 5.62. The number of carbonyl (C=O) groups is 1. The van der Waals surface area contributed by atoms with E-state index in [0.717, 1.165) is 19.2 Å². The second kappa shape index (κ2) is 15.5. The van der Waals surface area contributed by atoms with Crippen LogP contribution in [0.1, 0.15) is 41.6 Å². The van der Waals surface area contributed by atoms with Crippen LogP contribution < -0.4 is 19.6 Å². The molecule has 0 spiro atoms. The molecule has 224 valence electrons. The van der Waals surface area contributed by atoms with E-state index >= 15 is 0 Å². The summed E-state index contributed by atoms with van der Waals surface area (Å²) in [4.78, 5) is 13.0. The highest BCUT2D eigenvalue weighted by molar-refractivity contribution is 14.1. The summed E-state index contributed by atoms with van der Waals surface area (Å²) in [5.74, 6) is 0.734. The highest BCUT2D eigenvalue weighted by Gasteiger charge is 2.24. The van der Waals surface area contributed by atoms with E-state index < -0.39 is 22.0 Å². The Morgan fingerprint density at radius 2 is 1.70 bits per heavy atom. The molecular weight excluding hydrogens is 745 g/mol. The Morgan fingerprint density at radius 3 is 2.37 bits per heavy atom. The van der Waals surface area contributed by atoms with Crippen LogP contribution in [-0.4, -0.2) is 27.1 Å². The van der Waals surface area contributed by atoms with Crippen molar-refractivity contribution in [3.63, 3.8) is 0 Å². The van der Waals surface area contributed by atoms with Crippen molar-refractivity contribution in [1.29, 1.82) is 0 Å². The fraction of sp³-hybridized carbons (Fsp3) is 0.188. The molecule has 0 saturated carbocycles. The van der Waals surface area contributed by atoms with E-state index in [-0.39, 0.29) is 11.3 Å². The largest absolute Gasteiger partial charge is 0.490 e. The van der Waals surface area contributed by atoms with Crippen LogP contribution >= 0.6 is 38.5 Å². The second-order valence-electron chi connectivity index (χ2n) is 9.57. The molecule has 4 aromatic rings. The molecule has 0 saturated heterocycles. The SMILES string of the molecule is CCOc1cc(/C=N\NC(=O)C[C@H](NS(=O)(=O)c2ccc(C)cc2)c2ccccc2)cc(I)c1OCc1ccc(Br)cc1. The van der Waals surface area contributed by atoms with E-state index in [2.05, 4.69) is 53.8 Å². The molecule has 8 nitrogen and oxygen atoms in total. The lowest BCUT2D eigenvalue weighted by atomic mass is 10.0. The molecule has 4 rings (SSSR count). The van der Waals surface area contributed by atoms with E-state index in [9.17, 15) is 13.2 Å². The molecule has 0 aliphatic heterocycles. The number of halogens is 2. The topological polar surface area (TPSA) is 106 Å². The van der Waals surface area contributed by atoms with Crippen molar-refractivity contribution in [2.45, 2.75) is 37.8 Å². The summed E-state index contributed by atoms with van der Waals surface area (Å²) < 4.78 is 42.6. The number of nitrogens with one attached hydrogen (secondary N) is 2. The average molecular weight is 776 g/mol. The van der Waals surface area contributed by atoms with Crippen LogP contribution in [0.5, 0.6) is 11.5 Å². The van der Waals surface area contributed by atoms with Crippen LogP contribution in [0.3, 0.4) is 0 Å². The minimum Gasteiger partial charge on any atom is -0.490 e. The summed E-state index contributed by atoms with van der Waals surface area (Å²) in [6.07, 6.45) is 1.35. The minimum absolute atomic E-state index is 0.126. The number of nitrogens with zero attached hydrogens (tertiary/aromatic N) is 1. The zero-order valence-corrected chi connectivity index (χ0v) is 28.1. The predicted molar refractivity (Wildman–Crippen MR) is 180 cm³/mol. The fourth-order valence-electron chi connectivity index (χ4n) is 4.10. The average Bonchev–Trinajstić information content (AvgIpc) is 2.98. The maximum Gasteiger partial charge on any atom is 0.242 e. The Kier molecular flexibility index (Phi) is 11.7. The molecule has 0 aliphatic rings. The Balaban J connectivity index is 1.44. The number of hydrogen-bond acceptors (Lipinski definition) is 6.